The number of fused-ring (bicyclic) bond motifs is 2. The van der Waals surface area contributed by atoms with Crippen molar-refractivity contribution in [2.24, 2.45) is 0 Å². The minimum atomic E-state index is 0.867. The normalized spacial score (nSPS) is 11.3. The van der Waals surface area contributed by atoms with Crippen LogP contribution in [0.15, 0.2) is 59.0 Å². The van der Waals surface area contributed by atoms with E-state index in [1.165, 1.54) is 5.39 Å². The van der Waals surface area contributed by atoms with Gasteiger partial charge in [0.05, 0.1) is 11.3 Å². The van der Waals surface area contributed by atoms with E-state index in [1.807, 2.05) is 30.3 Å². The summed E-state index contributed by atoms with van der Waals surface area (Å²) in [5.41, 5.74) is 4.03. The van der Waals surface area contributed by atoms with Crippen LogP contribution in [0.5, 0.6) is 0 Å². The van der Waals surface area contributed by atoms with Crippen LogP contribution in [0, 0.1) is 6.26 Å². The predicted octanol–water partition coefficient (Wildman–Crippen LogP) is 4.38. The first-order valence-corrected chi connectivity index (χ1v) is 5.89. The summed E-state index contributed by atoms with van der Waals surface area (Å²) in [6, 6.07) is 18.3. The van der Waals surface area contributed by atoms with E-state index in [0.29, 0.717) is 0 Å². The molecule has 2 nitrogen and oxygen atoms in total. The van der Waals surface area contributed by atoms with Gasteiger partial charge < -0.3 is 9.40 Å². The summed E-state index contributed by atoms with van der Waals surface area (Å²) >= 11 is 0. The van der Waals surface area contributed by atoms with Crippen molar-refractivity contribution in [1.29, 1.82) is 0 Å². The second kappa shape index (κ2) is 3.50. The molecule has 18 heavy (non-hydrogen) atoms. The molecule has 0 saturated carbocycles. The standard InChI is InChI=1S/C16H10NO/c1-3-7-14-11(5-1)9-15(17-14)13-10-18-16-8-4-2-6-12(13)16/h1-9,17H. The number of rotatable bonds is 1. The van der Waals surface area contributed by atoms with Gasteiger partial charge in [0.2, 0.25) is 0 Å². The fourth-order valence-corrected chi connectivity index (χ4v) is 2.33. The Balaban J connectivity index is 2.01. The van der Waals surface area contributed by atoms with Crippen LogP contribution in [-0.4, -0.2) is 4.98 Å². The van der Waals surface area contributed by atoms with Crippen molar-refractivity contribution in [3.63, 3.8) is 0 Å². The molecular formula is C16H10NO. The molecule has 0 aliphatic rings. The van der Waals surface area contributed by atoms with E-state index in [2.05, 4.69) is 35.5 Å². The van der Waals surface area contributed by atoms with E-state index in [9.17, 15) is 0 Å². The topological polar surface area (TPSA) is 28.9 Å². The molecule has 2 heterocycles. The highest BCUT2D eigenvalue weighted by atomic mass is 16.3. The lowest BCUT2D eigenvalue weighted by molar-refractivity contribution is 0.607. The van der Waals surface area contributed by atoms with Gasteiger partial charge in [-0.15, -0.1) is 0 Å². The van der Waals surface area contributed by atoms with Gasteiger partial charge in [0.1, 0.15) is 5.58 Å². The number of furan rings is 1. The zero-order valence-electron chi connectivity index (χ0n) is 9.60. The summed E-state index contributed by atoms with van der Waals surface area (Å²) in [5, 5.41) is 2.29. The number of hydrogen-bond donors (Lipinski definition) is 1. The smallest absolute Gasteiger partial charge is 0.180 e. The highest BCUT2D eigenvalue weighted by Gasteiger charge is 2.10. The number of aromatic nitrogens is 1. The lowest BCUT2D eigenvalue weighted by Crippen LogP contribution is -1.73. The Kier molecular flexibility index (Phi) is 1.86. The van der Waals surface area contributed by atoms with Crippen LogP contribution in [0.2, 0.25) is 0 Å². The average molecular weight is 232 g/mol. The molecular weight excluding hydrogens is 222 g/mol. The van der Waals surface area contributed by atoms with E-state index < -0.39 is 0 Å². The van der Waals surface area contributed by atoms with Gasteiger partial charge in [0.15, 0.2) is 6.26 Å². The number of nitrogens with one attached hydrogen (secondary N) is 1. The van der Waals surface area contributed by atoms with E-state index in [-0.39, 0.29) is 0 Å². The zero-order chi connectivity index (χ0) is 11.9. The summed E-state index contributed by atoms with van der Waals surface area (Å²) in [6.07, 6.45) is 2.98. The lowest BCUT2D eigenvalue weighted by Gasteiger charge is -1.92. The Morgan fingerprint density at radius 3 is 2.72 bits per heavy atom. The monoisotopic (exact) mass is 232 g/mol. The van der Waals surface area contributed by atoms with Gasteiger partial charge in [-0.25, -0.2) is 0 Å². The highest BCUT2D eigenvalue weighted by Crippen LogP contribution is 2.31. The Morgan fingerprint density at radius 2 is 1.78 bits per heavy atom. The quantitative estimate of drug-likeness (QED) is 0.518. The summed E-state index contributed by atoms with van der Waals surface area (Å²) < 4.78 is 5.45. The number of benzene rings is 2. The summed E-state index contributed by atoms with van der Waals surface area (Å²) in [4.78, 5) is 3.40. The van der Waals surface area contributed by atoms with Crippen LogP contribution in [0.4, 0.5) is 0 Å². The van der Waals surface area contributed by atoms with E-state index >= 15 is 0 Å². The molecule has 0 atom stereocenters. The third-order valence-electron chi connectivity index (χ3n) is 3.22. The molecule has 2 aromatic heterocycles. The molecule has 4 rings (SSSR count). The Bertz CT molecular complexity index is 805. The van der Waals surface area contributed by atoms with E-state index in [1.54, 1.807) is 0 Å². The van der Waals surface area contributed by atoms with Gasteiger partial charge in [0.25, 0.3) is 0 Å². The van der Waals surface area contributed by atoms with Crippen molar-refractivity contribution in [2.75, 3.05) is 0 Å². The van der Waals surface area contributed by atoms with Crippen molar-refractivity contribution in [3.05, 3.63) is 60.9 Å². The maximum absolute atomic E-state index is 5.45. The minimum absolute atomic E-state index is 0.867. The summed E-state index contributed by atoms with van der Waals surface area (Å²) in [5.74, 6) is 0. The number of H-pyrrole nitrogens is 1. The molecule has 2 aromatic carbocycles. The third-order valence-corrected chi connectivity index (χ3v) is 3.22. The summed E-state index contributed by atoms with van der Waals surface area (Å²) in [6.45, 7) is 0. The molecule has 0 bridgehead atoms. The molecule has 2 heteroatoms. The van der Waals surface area contributed by atoms with Gasteiger partial charge in [-0.3, -0.25) is 0 Å². The Labute approximate surface area is 104 Å². The van der Waals surface area contributed by atoms with Gasteiger partial charge in [-0.1, -0.05) is 36.4 Å². The molecule has 0 spiro atoms. The van der Waals surface area contributed by atoms with Gasteiger partial charge in [0, 0.05) is 16.3 Å². The van der Waals surface area contributed by atoms with E-state index in [0.717, 1.165) is 27.7 Å². The fourth-order valence-electron chi connectivity index (χ4n) is 2.33. The van der Waals surface area contributed by atoms with Crippen LogP contribution >= 0.6 is 0 Å². The van der Waals surface area contributed by atoms with Crippen molar-refractivity contribution in [3.8, 4) is 11.3 Å². The first-order chi connectivity index (χ1) is 8.92. The second-order valence-corrected chi connectivity index (χ2v) is 4.35. The predicted molar refractivity (Wildman–Crippen MR) is 72.3 cm³/mol. The van der Waals surface area contributed by atoms with Gasteiger partial charge in [-0.2, -0.15) is 0 Å². The van der Waals surface area contributed by atoms with Crippen molar-refractivity contribution >= 4 is 21.9 Å². The maximum Gasteiger partial charge on any atom is 0.180 e. The molecule has 85 valence electrons. The first kappa shape index (κ1) is 9.54. The molecule has 0 saturated heterocycles. The molecule has 1 radical (unpaired) electrons. The van der Waals surface area contributed by atoms with Crippen LogP contribution in [0.1, 0.15) is 0 Å². The van der Waals surface area contributed by atoms with Crippen LogP contribution in [-0.2, 0) is 0 Å². The fraction of sp³-hybridized carbons (Fsp3) is 0. The van der Waals surface area contributed by atoms with Crippen molar-refractivity contribution in [1.82, 2.24) is 4.98 Å². The SMILES string of the molecule is [c]1oc2ccccc2c1-c1cc2ccccc2[nH]1. The second-order valence-electron chi connectivity index (χ2n) is 4.35. The van der Waals surface area contributed by atoms with Crippen LogP contribution < -0.4 is 0 Å². The van der Waals surface area contributed by atoms with Crippen molar-refractivity contribution < 1.29 is 4.42 Å². The van der Waals surface area contributed by atoms with Gasteiger partial charge in [-0.05, 0) is 18.2 Å². The number of hydrogen-bond acceptors (Lipinski definition) is 1. The Morgan fingerprint density at radius 1 is 0.944 bits per heavy atom. The van der Waals surface area contributed by atoms with Crippen LogP contribution in [0.25, 0.3) is 33.1 Å². The molecule has 0 fully saturated rings. The molecule has 1 N–H and O–H groups in total. The molecule has 0 aliphatic heterocycles. The molecule has 4 aromatic rings. The van der Waals surface area contributed by atoms with E-state index in [4.69, 9.17) is 4.42 Å². The summed E-state index contributed by atoms with van der Waals surface area (Å²) in [7, 11) is 0. The maximum atomic E-state index is 5.45. The largest absolute Gasteiger partial charge is 0.452 e. The van der Waals surface area contributed by atoms with Gasteiger partial charge >= 0.3 is 0 Å². The zero-order valence-corrected chi connectivity index (χ0v) is 9.60. The average Bonchev–Trinajstić information content (AvgIpc) is 3.02. The lowest BCUT2D eigenvalue weighted by atomic mass is 10.1. The number of para-hydroxylation sites is 2. The molecule has 0 amide bonds. The molecule has 0 aliphatic carbocycles. The first-order valence-electron chi connectivity index (χ1n) is 5.89. The Hall–Kier alpha value is -2.48. The molecule has 0 unspecified atom stereocenters. The van der Waals surface area contributed by atoms with Crippen molar-refractivity contribution in [2.45, 2.75) is 0 Å². The van der Waals surface area contributed by atoms with Crippen LogP contribution in [0.3, 0.4) is 0 Å². The minimum Gasteiger partial charge on any atom is -0.452 e. The highest BCUT2D eigenvalue weighted by molar-refractivity contribution is 5.96. The third kappa shape index (κ3) is 1.29. The number of aromatic amines is 1.